The molecule has 3 aromatic rings. The van der Waals surface area contributed by atoms with Crippen molar-refractivity contribution in [2.75, 3.05) is 0 Å². The lowest BCUT2D eigenvalue weighted by Gasteiger charge is -2.15. The molecule has 1 unspecified atom stereocenters. The van der Waals surface area contributed by atoms with Crippen molar-refractivity contribution in [2.45, 2.75) is 13.0 Å². The molecule has 3 N–H and O–H groups in total. The number of nitrogens with one attached hydrogen (secondary N) is 1. The molecule has 1 heterocycles. The van der Waals surface area contributed by atoms with Gasteiger partial charge in [-0.25, -0.2) is 9.82 Å². The van der Waals surface area contributed by atoms with Gasteiger partial charge in [0.2, 0.25) is 0 Å². The van der Waals surface area contributed by atoms with Crippen molar-refractivity contribution >= 4 is 11.0 Å². The highest BCUT2D eigenvalue weighted by Gasteiger charge is 2.21. The molecule has 0 bridgehead atoms. The van der Waals surface area contributed by atoms with Crippen LogP contribution in [0.2, 0.25) is 0 Å². The van der Waals surface area contributed by atoms with E-state index in [4.69, 9.17) is 10.3 Å². The van der Waals surface area contributed by atoms with Crippen molar-refractivity contribution in [3.63, 3.8) is 0 Å². The first-order chi connectivity index (χ1) is 9.70. The smallest absolute Gasteiger partial charge is 0.134 e. The quantitative estimate of drug-likeness (QED) is 0.566. The van der Waals surface area contributed by atoms with Gasteiger partial charge >= 0.3 is 0 Å². The van der Waals surface area contributed by atoms with E-state index in [1.54, 1.807) is 25.1 Å². The Morgan fingerprint density at radius 2 is 1.95 bits per heavy atom. The average molecular weight is 270 g/mol. The van der Waals surface area contributed by atoms with Crippen molar-refractivity contribution in [1.82, 2.24) is 5.43 Å². The molecule has 1 atom stereocenters. The summed E-state index contributed by atoms with van der Waals surface area (Å²) >= 11 is 0. The molecule has 0 saturated heterocycles. The minimum atomic E-state index is -0.512. The summed E-state index contributed by atoms with van der Waals surface area (Å²) < 4.78 is 20.0. The lowest BCUT2D eigenvalue weighted by molar-refractivity contribution is 0.461. The van der Waals surface area contributed by atoms with E-state index in [1.807, 2.05) is 30.3 Å². The number of aryl methyl sites for hydroxylation is 1. The normalized spacial score (nSPS) is 12.8. The van der Waals surface area contributed by atoms with Gasteiger partial charge in [0.05, 0.1) is 0 Å². The maximum atomic E-state index is 14.2. The van der Waals surface area contributed by atoms with Crippen LogP contribution >= 0.6 is 0 Å². The van der Waals surface area contributed by atoms with Gasteiger partial charge in [0, 0.05) is 10.9 Å². The summed E-state index contributed by atoms with van der Waals surface area (Å²) in [6.07, 6.45) is 0. The molecule has 0 saturated carbocycles. The lowest BCUT2D eigenvalue weighted by Crippen LogP contribution is -2.29. The number of halogens is 1. The van der Waals surface area contributed by atoms with E-state index >= 15 is 0 Å². The van der Waals surface area contributed by atoms with Crippen LogP contribution in [0.25, 0.3) is 11.0 Å². The molecule has 0 aliphatic carbocycles. The summed E-state index contributed by atoms with van der Waals surface area (Å²) in [5.41, 5.74) is 4.45. The predicted molar refractivity (Wildman–Crippen MR) is 76.5 cm³/mol. The van der Waals surface area contributed by atoms with Gasteiger partial charge in [0.25, 0.3) is 0 Å². The van der Waals surface area contributed by atoms with Gasteiger partial charge in [-0.2, -0.15) is 0 Å². The van der Waals surface area contributed by atoms with Gasteiger partial charge in [-0.15, -0.1) is 0 Å². The topological polar surface area (TPSA) is 51.2 Å². The Hall–Kier alpha value is -2.17. The van der Waals surface area contributed by atoms with E-state index in [-0.39, 0.29) is 5.82 Å². The number of hydrogen-bond donors (Lipinski definition) is 2. The van der Waals surface area contributed by atoms with E-state index < -0.39 is 6.04 Å². The molecule has 0 aliphatic heterocycles. The zero-order chi connectivity index (χ0) is 14.1. The number of fused-ring (bicyclic) bond motifs is 1. The summed E-state index contributed by atoms with van der Waals surface area (Å²) in [5, 5.41) is 0.968. The van der Waals surface area contributed by atoms with Gasteiger partial charge in [-0.05, 0) is 24.6 Å². The number of nitrogens with two attached hydrogens (primary N) is 1. The third-order valence-corrected chi connectivity index (χ3v) is 3.43. The maximum Gasteiger partial charge on any atom is 0.134 e. The number of furan rings is 1. The molecule has 102 valence electrons. The second kappa shape index (κ2) is 5.07. The Morgan fingerprint density at radius 3 is 2.70 bits per heavy atom. The standard InChI is InChI=1S/C16H15FN2O/c1-10-5-4-7-12(15(10)17)16(19-18)14-9-11-6-2-3-8-13(11)20-14/h2-9,16,19H,18H2,1H3. The summed E-state index contributed by atoms with van der Waals surface area (Å²) in [6, 6.07) is 14.3. The highest BCUT2D eigenvalue weighted by Crippen LogP contribution is 2.29. The Kier molecular flexibility index (Phi) is 3.26. The van der Waals surface area contributed by atoms with Crippen LogP contribution in [0.1, 0.15) is 22.9 Å². The molecule has 0 aliphatic rings. The van der Waals surface area contributed by atoms with Crippen LogP contribution in [-0.2, 0) is 0 Å². The summed E-state index contributed by atoms with van der Waals surface area (Å²) in [6.45, 7) is 1.73. The van der Waals surface area contributed by atoms with E-state index in [1.165, 1.54) is 0 Å². The van der Waals surface area contributed by atoms with Crippen LogP contribution in [0.4, 0.5) is 4.39 Å². The zero-order valence-electron chi connectivity index (χ0n) is 11.1. The van der Waals surface area contributed by atoms with Crippen molar-refractivity contribution < 1.29 is 8.81 Å². The Bertz CT molecular complexity index is 718. The summed E-state index contributed by atoms with van der Waals surface area (Å²) in [7, 11) is 0. The minimum absolute atomic E-state index is 0.268. The molecule has 0 radical (unpaired) electrons. The first kappa shape index (κ1) is 12.8. The van der Waals surface area contributed by atoms with Gasteiger partial charge in [0.15, 0.2) is 0 Å². The molecule has 4 heteroatoms. The van der Waals surface area contributed by atoms with Crippen LogP contribution in [0.3, 0.4) is 0 Å². The van der Waals surface area contributed by atoms with Crippen LogP contribution < -0.4 is 11.3 Å². The minimum Gasteiger partial charge on any atom is -0.459 e. The van der Waals surface area contributed by atoms with Crippen LogP contribution in [-0.4, -0.2) is 0 Å². The van der Waals surface area contributed by atoms with Gasteiger partial charge in [0.1, 0.15) is 23.2 Å². The van der Waals surface area contributed by atoms with E-state index in [0.717, 1.165) is 11.0 Å². The molecular weight excluding hydrogens is 255 g/mol. The highest BCUT2D eigenvalue weighted by atomic mass is 19.1. The number of rotatable bonds is 3. The number of benzene rings is 2. The fourth-order valence-electron chi connectivity index (χ4n) is 2.36. The Morgan fingerprint density at radius 1 is 1.15 bits per heavy atom. The molecule has 1 aromatic heterocycles. The van der Waals surface area contributed by atoms with Gasteiger partial charge in [-0.1, -0.05) is 36.4 Å². The second-order valence-corrected chi connectivity index (χ2v) is 4.76. The third kappa shape index (κ3) is 2.09. The monoisotopic (exact) mass is 270 g/mol. The third-order valence-electron chi connectivity index (χ3n) is 3.43. The Balaban J connectivity index is 2.11. The average Bonchev–Trinajstić information content (AvgIpc) is 2.87. The number of hydrogen-bond acceptors (Lipinski definition) is 3. The van der Waals surface area contributed by atoms with Crippen LogP contribution in [0, 0.1) is 12.7 Å². The molecule has 0 amide bonds. The van der Waals surface area contributed by atoms with Crippen molar-refractivity contribution in [1.29, 1.82) is 0 Å². The van der Waals surface area contributed by atoms with Crippen LogP contribution in [0.15, 0.2) is 52.9 Å². The molecule has 0 spiro atoms. The first-order valence-corrected chi connectivity index (χ1v) is 6.40. The maximum absolute atomic E-state index is 14.2. The molecule has 2 aromatic carbocycles. The van der Waals surface area contributed by atoms with Gasteiger partial charge in [-0.3, -0.25) is 5.84 Å². The summed E-state index contributed by atoms with van der Waals surface area (Å²) in [4.78, 5) is 0. The molecular formula is C16H15FN2O. The highest BCUT2D eigenvalue weighted by molar-refractivity contribution is 5.78. The number of hydrazine groups is 1. The van der Waals surface area contributed by atoms with E-state index in [2.05, 4.69) is 5.43 Å². The fourth-order valence-corrected chi connectivity index (χ4v) is 2.36. The van der Waals surface area contributed by atoms with E-state index in [0.29, 0.717) is 16.9 Å². The Labute approximate surface area is 116 Å². The largest absolute Gasteiger partial charge is 0.459 e. The SMILES string of the molecule is Cc1cccc(C(NN)c2cc3ccccc3o2)c1F. The fraction of sp³-hybridized carbons (Fsp3) is 0.125. The predicted octanol–water partition coefficient (Wildman–Crippen LogP) is 3.43. The molecule has 20 heavy (non-hydrogen) atoms. The van der Waals surface area contributed by atoms with Crippen molar-refractivity contribution in [3.8, 4) is 0 Å². The number of para-hydroxylation sites is 1. The van der Waals surface area contributed by atoms with Gasteiger partial charge < -0.3 is 4.42 Å². The van der Waals surface area contributed by atoms with Crippen LogP contribution in [0.5, 0.6) is 0 Å². The van der Waals surface area contributed by atoms with Crippen molar-refractivity contribution in [2.24, 2.45) is 5.84 Å². The molecule has 0 fully saturated rings. The lowest BCUT2D eigenvalue weighted by atomic mass is 10.0. The second-order valence-electron chi connectivity index (χ2n) is 4.76. The molecule has 3 nitrogen and oxygen atoms in total. The van der Waals surface area contributed by atoms with E-state index in [9.17, 15) is 4.39 Å². The first-order valence-electron chi connectivity index (χ1n) is 6.40. The zero-order valence-corrected chi connectivity index (χ0v) is 11.1. The van der Waals surface area contributed by atoms with Crippen molar-refractivity contribution in [3.05, 3.63) is 71.2 Å². The molecule has 3 rings (SSSR count). The summed E-state index contributed by atoms with van der Waals surface area (Å²) in [5.74, 6) is 5.93.